The summed E-state index contributed by atoms with van der Waals surface area (Å²) in [4.78, 5) is 7.03. The minimum atomic E-state index is 0.194. The van der Waals surface area contributed by atoms with Crippen LogP contribution in [0.4, 0.5) is 11.4 Å². The predicted molar refractivity (Wildman–Crippen MR) is 105 cm³/mol. The molecule has 2 aromatic carbocycles. The van der Waals surface area contributed by atoms with E-state index in [-0.39, 0.29) is 5.54 Å². The van der Waals surface area contributed by atoms with Crippen molar-refractivity contribution in [3.63, 3.8) is 0 Å². The fourth-order valence-electron chi connectivity index (χ4n) is 3.54. The van der Waals surface area contributed by atoms with Gasteiger partial charge in [-0.15, -0.1) is 0 Å². The SMILES string of the molecule is Cc1ccc(Cl)cc1N=Cc1ccc2c(c1)C(C)CC(C)(C)N2C. The summed E-state index contributed by atoms with van der Waals surface area (Å²) in [5, 5.41) is 0.718. The van der Waals surface area contributed by atoms with Crippen molar-refractivity contribution in [2.45, 2.75) is 45.6 Å². The molecular weight excluding hydrogens is 316 g/mol. The minimum Gasteiger partial charge on any atom is -0.369 e. The average Bonchev–Trinajstić information content (AvgIpc) is 2.53. The monoisotopic (exact) mass is 340 g/mol. The van der Waals surface area contributed by atoms with Crippen molar-refractivity contribution in [2.75, 3.05) is 11.9 Å². The van der Waals surface area contributed by atoms with Gasteiger partial charge in [0.25, 0.3) is 0 Å². The van der Waals surface area contributed by atoms with Gasteiger partial charge < -0.3 is 4.90 Å². The third-order valence-corrected chi connectivity index (χ3v) is 5.42. The fraction of sp³-hybridized carbons (Fsp3) is 0.381. The fourth-order valence-corrected chi connectivity index (χ4v) is 3.71. The van der Waals surface area contributed by atoms with E-state index in [0.717, 1.165) is 28.3 Å². The van der Waals surface area contributed by atoms with E-state index in [1.807, 2.05) is 24.4 Å². The number of hydrogen-bond donors (Lipinski definition) is 0. The van der Waals surface area contributed by atoms with Crippen molar-refractivity contribution in [3.8, 4) is 0 Å². The molecule has 0 saturated carbocycles. The van der Waals surface area contributed by atoms with Crippen LogP contribution in [0.3, 0.4) is 0 Å². The van der Waals surface area contributed by atoms with Crippen molar-refractivity contribution < 1.29 is 0 Å². The highest BCUT2D eigenvalue weighted by molar-refractivity contribution is 6.30. The Labute approximate surface area is 150 Å². The predicted octanol–water partition coefficient (Wildman–Crippen LogP) is 6.12. The second kappa shape index (κ2) is 6.25. The average molecular weight is 341 g/mol. The molecule has 0 aromatic heterocycles. The molecule has 0 spiro atoms. The maximum Gasteiger partial charge on any atom is 0.0673 e. The van der Waals surface area contributed by atoms with Crippen molar-refractivity contribution >= 4 is 29.2 Å². The summed E-state index contributed by atoms with van der Waals surface area (Å²) in [5.41, 5.74) is 6.11. The zero-order valence-corrected chi connectivity index (χ0v) is 15.9. The van der Waals surface area contributed by atoms with E-state index in [9.17, 15) is 0 Å². The molecule has 0 saturated heterocycles. The Morgan fingerprint density at radius 3 is 2.71 bits per heavy atom. The summed E-state index contributed by atoms with van der Waals surface area (Å²) in [5.74, 6) is 0.549. The molecule has 0 fully saturated rings. The standard InChI is InChI=1S/C21H25ClN2/c1-14-6-8-17(22)11-19(14)23-13-16-7-9-20-18(10-16)15(2)12-21(3,4)24(20)5/h6-11,13,15H,12H2,1-5H3. The van der Waals surface area contributed by atoms with Gasteiger partial charge in [0.2, 0.25) is 0 Å². The molecule has 1 unspecified atom stereocenters. The van der Waals surface area contributed by atoms with Crippen molar-refractivity contribution in [1.29, 1.82) is 0 Å². The molecule has 3 heteroatoms. The van der Waals surface area contributed by atoms with Crippen molar-refractivity contribution in [1.82, 2.24) is 0 Å². The maximum atomic E-state index is 6.08. The molecule has 2 nitrogen and oxygen atoms in total. The van der Waals surface area contributed by atoms with Crippen LogP contribution < -0.4 is 4.90 Å². The van der Waals surface area contributed by atoms with Gasteiger partial charge in [-0.05, 0) is 74.1 Å². The lowest BCUT2D eigenvalue weighted by Crippen LogP contribution is -2.45. The molecule has 0 N–H and O–H groups in total. The maximum absolute atomic E-state index is 6.08. The highest BCUT2D eigenvalue weighted by atomic mass is 35.5. The van der Waals surface area contributed by atoms with E-state index in [2.05, 4.69) is 62.8 Å². The van der Waals surface area contributed by atoms with Gasteiger partial charge in [-0.2, -0.15) is 0 Å². The Balaban J connectivity index is 1.93. The summed E-state index contributed by atoms with van der Waals surface area (Å²) >= 11 is 6.08. The number of anilines is 1. The first-order valence-electron chi connectivity index (χ1n) is 8.46. The zero-order chi connectivity index (χ0) is 17.5. The van der Waals surface area contributed by atoms with Crippen molar-refractivity contribution in [3.05, 3.63) is 58.1 Å². The summed E-state index contributed by atoms with van der Waals surface area (Å²) in [7, 11) is 2.19. The zero-order valence-electron chi connectivity index (χ0n) is 15.1. The Hall–Kier alpha value is -1.80. The normalized spacial score (nSPS) is 19.6. The van der Waals surface area contributed by atoms with E-state index in [1.54, 1.807) is 0 Å². The van der Waals surface area contributed by atoms with E-state index in [4.69, 9.17) is 11.6 Å². The van der Waals surface area contributed by atoms with Crippen molar-refractivity contribution in [2.24, 2.45) is 4.99 Å². The molecule has 1 atom stereocenters. The first-order valence-corrected chi connectivity index (χ1v) is 8.84. The first-order chi connectivity index (χ1) is 11.3. The molecule has 24 heavy (non-hydrogen) atoms. The van der Waals surface area contributed by atoms with E-state index >= 15 is 0 Å². The second-order valence-corrected chi connectivity index (χ2v) is 7.92. The molecule has 126 valence electrons. The molecule has 0 radical (unpaired) electrons. The molecule has 0 aliphatic carbocycles. The van der Waals surface area contributed by atoms with E-state index in [0.29, 0.717) is 5.92 Å². The smallest absolute Gasteiger partial charge is 0.0673 e. The van der Waals surface area contributed by atoms with Crippen LogP contribution in [0.25, 0.3) is 0 Å². The quantitative estimate of drug-likeness (QED) is 0.601. The lowest BCUT2D eigenvalue weighted by atomic mass is 9.80. The van der Waals surface area contributed by atoms with Crippen LogP contribution in [0.15, 0.2) is 41.4 Å². The van der Waals surface area contributed by atoms with Gasteiger partial charge in [-0.1, -0.05) is 30.7 Å². The van der Waals surface area contributed by atoms with Crippen LogP contribution in [-0.4, -0.2) is 18.8 Å². The molecule has 2 aromatic rings. The number of nitrogens with zero attached hydrogens (tertiary/aromatic N) is 2. The molecule has 1 aliphatic rings. The molecule has 0 amide bonds. The van der Waals surface area contributed by atoms with Gasteiger partial charge in [-0.25, -0.2) is 0 Å². The number of benzene rings is 2. The molecular formula is C21H25ClN2. The van der Waals surface area contributed by atoms with Gasteiger partial charge in [0, 0.05) is 29.5 Å². The third kappa shape index (κ3) is 3.21. The summed E-state index contributed by atoms with van der Waals surface area (Å²) < 4.78 is 0. The summed E-state index contributed by atoms with van der Waals surface area (Å²) in [6.45, 7) is 8.98. The van der Waals surface area contributed by atoms with Gasteiger partial charge >= 0.3 is 0 Å². The van der Waals surface area contributed by atoms with Gasteiger partial charge in [0.1, 0.15) is 0 Å². The Bertz CT molecular complexity index is 792. The lowest BCUT2D eigenvalue weighted by Gasteiger charge is -2.45. The number of halogens is 1. The summed E-state index contributed by atoms with van der Waals surface area (Å²) in [6, 6.07) is 12.4. The molecule has 1 aliphatic heterocycles. The molecule has 3 rings (SSSR count). The highest BCUT2D eigenvalue weighted by Crippen LogP contribution is 2.42. The van der Waals surface area contributed by atoms with Gasteiger partial charge in [0.05, 0.1) is 5.69 Å². The second-order valence-electron chi connectivity index (χ2n) is 7.48. The largest absolute Gasteiger partial charge is 0.369 e. The highest BCUT2D eigenvalue weighted by Gasteiger charge is 2.33. The number of aliphatic imine (C=N–C) groups is 1. The Kier molecular flexibility index (Phi) is 4.44. The van der Waals surface area contributed by atoms with E-state index in [1.165, 1.54) is 11.3 Å². The van der Waals surface area contributed by atoms with Crippen LogP contribution in [0.5, 0.6) is 0 Å². The van der Waals surface area contributed by atoms with E-state index < -0.39 is 0 Å². The van der Waals surface area contributed by atoms with Crippen LogP contribution in [0, 0.1) is 6.92 Å². The first kappa shape index (κ1) is 17.0. The number of fused-ring (bicyclic) bond motifs is 1. The van der Waals surface area contributed by atoms with Crippen LogP contribution in [-0.2, 0) is 0 Å². The molecule has 0 bridgehead atoms. The number of aryl methyl sites for hydroxylation is 1. The van der Waals surface area contributed by atoms with Crippen LogP contribution >= 0.6 is 11.6 Å². The van der Waals surface area contributed by atoms with Gasteiger partial charge in [-0.3, -0.25) is 4.99 Å². The van der Waals surface area contributed by atoms with Crippen LogP contribution in [0.2, 0.25) is 5.02 Å². The third-order valence-electron chi connectivity index (χ3n) is 5.18. The minimum absolute atomic E-state index is 0.194. The Morgan fingerprint density at radius 2 is 1.96 bits per heavy atom. The van der Waals surface area contributed by atoms with Gasteiger partial charge in [0.15, 0.2) is 0 Å². The number of rotatable bonds is 2. The summed E-state index contributed by atoms with van der Waals surface area (Å²) in [6.07, 6.45) is 3.09. The molecule has 1 heterocycles. The number of hydrogen-bond acceptors (Lipinski definition) is 2. The lowest BCUT2D eigenvalue weighted by molar-refractivity contribution is 0.395. The van der Waals surface area contributed by atoms with Crippen LogP contribution in [0.1, 0.15) is 49.8 Å². The topological polar surface area (TPSA) is 15.6 Å². The Morgan fingerprint density at radius 1 is 1.21 bits per heavy atom.